The Labute approximate surface area is 97.8 Å². The largest absolute Gasteiger partial charge is 0.326 e. The van der Waals surface area contributed by atoms with E-state index in [1.807, 2.05) is 23.8 Å². The van der Waals surface area contributed by atoms with Gasteiger partial charge in [-0.15, -0.1) is 0 Å². The fourth-order valence-electron chi connectivity index (χ4n) is 3.10. The predicted octanol–water partition coefficient (Wildman–Crippen LogP) is 1.26. The molecule has 0 spiro atoms. The molecule has 2 aliphatic rings. The van der Waals surface area contributed by atoms with E-state index in [0.29, 0.717) is 18.5 Å². The Morgan fingerprint density at radius 2 is 2.06 bits per heavy atom. The normalized spacial score (nSPS) is 29.2. The number of rotatable bonds is 3. The number of hydrogen-bond donors (Lipinski definition) is 1. The van der Waals surface area contributed by atoms with Gasteiger partial charge in [0.05, 0.1) is 6.04 Å². The number of carbonyl (C=O) groups is 1. The van der Waals surface area contributed by atoms with E-state index in [4.69, 9.17) is 5.73 Å². The summed E-state index contributed by atoms with van der Waals surface area (Å²) in [7, 11) is 1.94. The Kier molecular flexibility index (Phi) is 3.38. The van der Waals surface area contributed by atoms with E-state index in [0.717, 1.165) is 6.54 Å². The van der Waals surface area contributed by atoms with Crippen LogP contribution in [-0.2, 0) is 0 Å². The Morgan fingerprint density at radius 1 is 1.44 bits per heavy atom. The van der Waals surface area contributed by atoms with Crippen LogP contribution in [0.15, 0.2) is 0 Å². The molecule has 0 bridgehead atoms. The molecule has 0 aromatic carbocycles. The minimum Gasteiger partial charge on any atom is -0.326 e. The Hall–Kier alpha value is -0.770. The summed E-state index contributed by atoms with van der Waals surface area (Å²) in [5, 5.41) is 0. The molecule has 2 rings (SSSR count). The van der Waals surface area contributed by atoms with E-state index in [2.05, 4.69) is 0 Å². The van der Waals surface area contributed by atoms with E-state index in [1.165, 1.54) is 25.7 Å². The van der Waals surface area contributed by atoms with Crippen LogP contribution in [0.3, 0.4) is 0 Å². The summed E-state index contributed by atoms with van der Waals surface area (Å²) in [6.45, 7) is 3.52. The first-order valence-electron chi connectivity index (χ1n) is 6.37. The summed E-state index contributed by atoms with van der Waals surface area (Å²) in [4.78, 5) is 15.8. The molecule has 0 radical (unpaired) electrons. The second kappa shape index (κ2) is 4.62. The molecule has 16 heavy (non-hydrogen) atoms. The molecular formula is C12H23N3O. The van der Waals surface area contributed by atoms with E-state index in [1.54, 1.807) is 0 Å². The molecule has 1 aliphatic heterocycles. The third-order valence-corrected chi connectivity index (χ3v) is 3.93. The Morgan fingerprint density at radius 3 is 2.62 bits per heavy atom. The lowest BCUT2D eigenvalue weighted by Gasteiger charge is -2.23. The number of urea groups is 1. The van der Waals surface area contributed by atoms with E-state index >= 15 is 0 Å². The summed E-state index contributed by atoms with van der Waals surface area (Å²) in [5.74, 6) is 0.715. The zero-order valence-electron chi connectivity index (χ0n) is 10.4. The molecule has 92 valence electrons. The number of nitrogens with two attached hydrogens (primary N) is 1. The van der Waals surface area contributed by atoms with Crippen LogP contribution in [0.5, 0.6) is 0 Å². The summed E-state index contributed by atoms with van der Waals surface area (Å²) in [6.07, 6.45) is 5.23. The van der Waals surface area contributed by atoms with Crippen LogP contribution >= 0.6 is 0 Å². The maximum atomic E-state index is 12.0. The van der Waals surface area contributed by atoms with Crippen LogP contribution in [-0.4, -0.2) is 48.1 Å². The van der Waals surface area contributed by atoms with Crippen LogP contribution in [0.1, 0.15) is 32.6 Å². The summed E-state index contributed by atoms with van der Waals surface area (Å²) >= 11 is 0. The first-order chi connectivity index (χ1) is 7.59. The molecule has 2 unspecified atom stereocenters. The van der Waals surface area contributed by atoms with Crippen molar-refractivity contribution in [1.29, 1.82) is 0 Å². The van der Waals surface area contributed by atoms with Crippen molar-refractivity contribution in [2.24, 2.45) is 11.7 Å². The second-order valence-corrected chi connectivity index (χ2v) is 5.39. The third-order valence-electron chi connectivity index (χ3n) is 3.93. The molecule has 2 fully saturated rings. The van der Waals surface area contributed by atoms with Crippen molar-refractivity contribution in [2.45, 2.75) is 44.7 Å². The molecule has 1 aliphatic carbocycles. The van der Waals surface area contributed by atoms with E-state index in [9.17, 15) is 4.79 Å². The molecule has 1 saturated carbocycles. The van der Waals surface area contributed by atoms with Gasteiger partial charge in [0.1, 0.15) is 0 Å². The number of carbonyl (C=O) groups excluding carboxylic acids is 1. The summed E-state index contributed by atoms with van der Waals surface area (Å²) in [5.41, 5.74) is 5.77. The smallest absolute Gasteiger partial charge is 0.320 e. The van der Waals surface area contributed by atoms with Gasteiger partial charge in [-0.05, 0) is 25.7 Å². The Bertz CT molecular complexity index is 261. The molecule has 1 saturated heterocycles. The van der Waals surface area contributed by atoms with Crippen molar-refractivity contribution in [2.75, 3.05) is 20.1 Å². The van der Waals surface area contributed by atoms with E-state index < -0.39 is 0 Å². The van der Waals surface area contributed by atoms with Crippen molar-refractivity contribution in [3.05, 3.63) is 0 Å². The molecule has 0 aromatic heterocycles. The fourth-order valence-corrected chi connectivity index (χ4v) is 3.10. The monoisotopic (exact) mass is 225 g/mol. The molecule has 1 heterocycles. The van der Waals surface area contributed by atoms with Gasteiger partial charge >= 0.3 is 6.03 Å². The summed E-state index contributed by atoms with van der Waals surface area (Å²) < 4.78 is 0. The number of nitrogens with zero attached hydrogens (tertiary/aromatic N) is 2. The number of amides is 2. The molecule has 0 aromatic rings. The van der Waals surface area contributed by atoms with Crippen molar-refractivity contribution in [3.8, 4) is 0 Å². The lowest BCUT2D eigenvalue weighted by molar-refractivity contribution is 0.188. The van der Waals surface area contributed by atoms with Gasteiger partial charge in [0, 0.05) is 26.2 Å². The number of hydrogen-bond acceptors (Lipinski definition) is 2. The van der Waals surface area contributed by atoms with Gasteiger partial charge < -0.3 is 15.5 Å². The van der Waals surface area contributed by atoms with Gasteiger partial charge in [0.15, 0.2) is 0 Å². The standard InChI is InChI=1S/C12H23N3O/c1-9(13)7-15-8-11(14(2)12(15)16)10-5-3-4-6-10/h9-11H,3-8,13H2,1-2H3. The highest BCUT2D eigenvalue weighted by Gasteiger charge is 2.39. The Balaban J connectivity index is 1.98. The van der Waals surface area contributed by atoms with Crippen molar-refractivity contribution in [1.82, 2.24) is 9.80 Å². The van der Waals surface area contributed by atoms with Gasteiger partial charge in [-0.1, -0.05) is 12.8 Å². The molecule has 2 atom stereocenters. The molecule has 2 amide bonds. The minimum atomic E-state index is 0.0691. The average Bonchev–Trinajstić information content (AvgIpc) is 2.81. The maximum absolute atomic E-state index is 12.0. The lowest BCUT2D eigenvalue weighted by Crippen LogP contribution is -2.38. The zero-order valence-corrected chi connectivity index (χ0v) is 10.4. The number of likely N-dealkylation sites (N-methyl/N-ethyl adjacent to an activating group) is 1. The minimum absolute atomic E-state index is 0.0691. The van der Waals surface area contributed by atoms with Gasteiger partial charge in [-0.25, -0.2) is 4.79 Å². The fraction of sp³-hybridized carbons (Fsp3) is 0.917. The van der Waals surface area contributed by atoms with Crippen molar-refractivity contribution >= 4 is 6.03 Å². The highest BCUT2D eigenvalue weighted by Crippen LogP contribution is 2.33. The average molecular weight is 225 g/mol. The highest BCUT2D eigenvalue weighted by molar-refractivity contribution is 5.77. The molecule has 4 heteroatoms. The highest BCUT2D eigenvalue weighted by atomic mass is 16.2. The zero-order chi connectivity index (χ0) is 11.7. The van der Waals surface area contributed by atoms with Crippen molar-refractivity contribution in [3.63, 3.8) is 0 Å². The molecule has 2 N–H and O–H groups in total. The van der Waals surface area contributed by atoms with Crippen LogP contribution < -0.4 is 5.73 Å². The predicted molar refractivity (Wildman–Crippen MR) is 64.1 cm³/mol. The SMILES string of the molecule is CC(N)CN1CC(C2CCCC2)N(C)C1=O. The van der Waals surface area contributed by atoms with Gasteiger partial charge in [-0.3, -0.25) is 0 Å². The first kappa shape index (κ1) is 11.7. The topological polar surface area (TPSA) is 49.6 Å². The van der Waals surface area contributed by atoms with Gasteiger partial charge in [0.25, 0.3) is 0 Å². The molecule has 4 nitrogen and oxygen atoms in total. The van der Waals surface area contributed by atoms with Crippen LogP contribution in [0.4, 0.5) is 4.79 Å². The van der Waals surface area contributed by atoms with Gasteiger partial charge in [-0.2, -0.15) is 0 Å². The quantitative estimate of drug-likeness (QED) is 0.786. The van der Waals surface area contributed by atoms with Crippen LogP contribution in [0.25, 0.3) is 0 Å². The maximum Gasteiger partial charge on any atom is 0.320 e. The summed E-state index contributed by atoms with van der Waals surface area (Å²) in [6, 6.07) is 0.655. The lowest BCUT2D eigenvalue weighted by atomic mass is 9.98. The second-order valence-electron chi connectivity index (χ2n) is 5.39. The van der Waals surface area contributed by atoms with Crippen LogP contribution in [0, 0.1) is 5.92 Å². The first-order valence-corrected chi connectivity index (χ1v) is 6.37. The third kappa shape index (κ3) is 2.17. The van der Waals surface area contributed by atoms with Gasteiger partial charge in [0.2, 0.25) is 0 Å². The van der Waals surface area contributed by atoms with Crippen LogP contribution in [0.2, 0.25) is 0 Å². The van der Waals surface area contributed by atoms with Crippen molar-refractivity contribution < 1.29 is 4.79 Å². The van der Waals surface area contributed by atoms with E-state index in [-0.39, 0.29) is 12.1 Å². The molecular weight excluding hydrogens is 202 g/mol.